The Morgan fingerprint density at radius 1 is 1.36 bits per heavy atom. The van der Waals surface area contributed by atoms with E-state index >= 15 is 0 Å². The number of aryl methyl sites for hydroxylation is 1. The van der Waals surface area contributed by atoms with Crippen molar-refractivity contribution in [2.24, 2.45) is 0 Å². The van der Waals surface area contributed by atoms with E-state index in [4.69, 9.17) is 27.9 Å². The molecule has 0 radical (unpaired) electrons. The standard InChI is InChI=1S/C17H16Cl2N2O3S/c1-2-12-6-13-16(25-12)20-9-21(17(13)23)7-11(22)8-24-15-4-3-10(18)5-14(15)19/h3-6,9,11,22H,2,7-8H2,1H3. The molecule has 0 aliphatic carbocycles. The van der Waals surface area contributed by atoms with Crippen LogP contribution in [0, 0.1) is 0 Å². The van der Waals surface area contributed by atoms with E-state index in [0.717, 1.165) is 16.1 Å². The van der Waals surface area contributed by atoms with Gasteiger partial charge in [-0.2, -0.15) is 0 Å². The van der Waals surface area contributed by atoms with Crippen molar-refractivity contribution in [2.75, 3.05) is 6.61 Å². The van der Waals surface area contributed by atoms with Crippen molar-refractivity contribution < 1.29 is 9.84 Å². The third-order valence-electron chi connectivity index (χ3n) is 3.65. The molecule has 0 aliphatic rings. The first-order valence-corrected chi connectivity index (χ1v) is 9.29. The number of benzene rings is 1. The molecule has 0 amide bonds. The van der Waals surface area contributed by atoms with Crippen molar-refractivity contribution >= 4 is 44.8 Å². The molecule has 0 aliphatic heterocycles. The molecular weight excluding hydrogens is 383 g/mol. The van der Waals surface area contributed by atoms with Gasteiger partial charge in [-0.1, -0.05) is 30.1 Å². The number of hydrogen-bond donors (Lipinski definition) is 1. The predicted octanol–water partition coefficient (Wildman–Crippen LogP) is 3.77. The molecule has 1 N–H and O–H groups in total. The minimum absolute atomic E-state index is 0.00429. The fourth-order valence-electron chi connectivity index (χ4n) is 2.37. The average molecular weight is 399 g/mol. The normalized spacial score (nSPS) is 12.5. The van der Waals surface area contributed by atoms with Gasteiger partial charge in [-0.25, -0.2) is 4.98 Å². The highest BCUT2D eigenvalue weighted by molar-refractivity contribution is 7.18. The Hall–Kier alpha value is -1.60. The second-order valence-corrected chi connectivity index (χ2v) is 7.49. The van der Waals surface area contributed by atoms with Gasteiger partial charge in [0, 0.05) is 9.90 Å². The van der Waals surface area contributed by atoms with Crippen LogP contribution in [-0.2, 0) is 13.0 Å². The van der Waals surface area contributed by atoms with Crippen LogP contribution in [0.25, 0.3) is 10.2 Å². The van der Waals surface area contributed by atoms with Gasteiger partial charge in [0.05, 0.1) is 23.3 Å². The molecule has 1 atom stereocenters. The predicted molar refractivity (Wildman–Crippen MR) is 101 cm³/mol. The van der Waals surface area contributed by atoms with Crippen molar-refractivity contribution in [3.8, 4) is 5.75 Å². The zero-order valence-electron chi connectivity index (χ0n) is 13.4. The van der Waals surface area contributed by atoms with Crippen LogP contribution in [0.2, 0.25) is 10.0 Å². The minimum Gasteiger partial charge on any atom is -0.489 e. The van der Waals surface area contributed by atoms with E-state index in [1.807, 2.05) is 13.0 Å². The van der Waals surface area contributed by atoms with Gasteiger partial charge >= 0.3 is 0 Å². The molecule has 2 heterocycles. The Labute approximate surface area is 158 Å². The Balaban J connectivity index is 1.70. The maximum absolute atomic E-state index is 12.5. The Morgan fingerprint density at radius 2 is 2.16 bits per heavy atom. The lowest BCUT2D eigenvalue weighted by Crippen LogP contribution is -2.30. The zero-order valence-corrected chi connectivity index (χ0v) is 15.7. The van der Waals surface area contributed by atoms with E-state index in [-0.39, 0.29) is 18.7 Å². The van der Waals surface area contributed by atoms with Crippen LogP contribution in [0.5, 0.6) is 5.75 Å². The second kappa shape index (κ2) is 7.74. The van der Waals surface area contributed by atoms with E-state index in [1.54, 1.807) is 18.2 Å². The van der Waals surface area contributed by atoms with Gasteiger partial charge in [-0.15, -0.1) is 11.3 Å². The van der Waals surface area contributed by atoms with Crippen LogP contribution < -0.4 is 10.3 Å². The molecule has 1 aromatic carbocycles. The fraction of sp³-hybridized carbons (Fsp3) is 0.294. The topological polar surface area (TPSA) is 64.4 Å². The summed E-state index contributed by atoms with van der Waals surface area (Å²) in [6, 6.07) is 6.71. The molecule has 8 heteroatoms. The molecular formula is C17H16Cl2N2O3S. The highest BCUT2D eigenvalue weighted by Crippen LogP contribution is 2.27. The van der Waals surface area contributed by atoms with Gasteiger partial charge in [-0.05, 0) is 30.7 Å². The first-order chi connectivity index (χ1) is 12.0. The van der Waals surface area contributed by atoms with Crippen LogP contribution in [0.15, 0.2) is 35.4 Å². The number of hydrogen-bond acceptors (Lipinski definition) is 5. The summed E-state index contributed by atoms with van der Waals surface area (Å²) >= 11 is 13.4. The molecule has 25 heavy (non-hydrogen) atoms. The quantitative estimate of drug-likeness (QED) is 0.686. The van der Waals surface area contributed by atoms with Crippen molar-refractivity contribution in [1.29, 1.82) is 0 Å². The number of rotatable bonds is 6. The number of halogens is 2. The lowest BCUT2D eigenvalue weighted by Gasteiger charge is -2.14. The van der Waals surface area contributed by atoms with Crippen LogP contribution in [0.3, 0.4) is 0 Å². The number of fused-ring (bicyclic) bond motifs is 1. The van der Waals surface area contributed by atoms with E-state index in [2.05, 4.69) is 4.98 Å². The van der Waals surface area contributed by atoms with Gasteiger partial charge in [0.2, 0.25) is 0 Å². The van der Waals surface area contributed by atoms with Crippen LogP contribution in [0.4, 0.5) is 0 Å². The van der Waals surface area contributed by atoms with Gasteiger partial charge in [0.25, 0.3) is 5.56 Å². The maximum Gasteiger partial charge on any atom is 0.262 e. The van der Waals surface area contributed by atoms with E-state index in [1.165, 1.54) is 22.2 Å². The summed E-state index contributed by atoms with van der Waals surface area (Å²) in [6.07, 6.45) is 1.44. The number of aromatic nitrogens is 2. The molecule has 1 unspecified atom stereocenters. The second-order valence-electron chi connectivity index (χ2n) is 5.53. The summed E-state index contributed by atoms with van der Waals surface area (Å²) < 4.78 is 6.90. The third kappa shape index (κ3) is 4.15. The van der Waals surface area contributed by atoms with Gasteiger partial charge < -0.3 is 9.84 Å². The Morgan fingerprint density at radius 3 is 2.88 bits per heavy atom. The number of thiophene rings is 1. The van der Waals surface area contributed by atoms with Crippen LogP contribution >= 0.6 is 34.5 Å². The lowest BCUT2D eigenvalue weighted by molar-refractivity contribution is 0.0915. The number of nitrogens with zero attached hydrogens (tertiary/aromatic N) is 2. The van der Waals surface area contributed by atoms with E-state index < -0.39 is 6.10 Å². The summed E-state index contributed by atoms with van der Waals surface area (Å²) in [4.78, 5) is 18.6. The van der Waals surface area contributed by atoms with E-state index in [9.17, 15) is 9.90 Å². The first kappa shape index (κ1) is 18.2. The minimum atomic E-state index is -0.882. The Bertz CT molecular complexity index is 955. The molecule has 3 rings (SSSR count). The van der Waals surface area contributed by atoms with Gasteiger partial charge in [0.1, 0.15) is 23.3 Å². The number of ether oxygens (including phenoxy) is 1. The molecule has 5 nitrogen and oxygen atoms in total. The fourth-order valence-corrected chi connectivity index (χ4v) is 3.76. The van der Waals surface area contributed by atoms with Crippen molar-refractivity contribution in [1.82, 2.24) is 9.55 Å². The molecule has 132 valence electrons. The van der Waals surface area contributed by atoms with Crippen molar-refractivity contribution in [3.63, 3.8) is 0 Å². The Kier molecular flexibility index (Phi) is 5.64. The van der Waals surface area contributed by atoms with Crippen molar-refractivity contribution in [2.45, 2.75) is 26.0 Å². The highest BCUT2D eigenvalue weighted by atomic mass is 35.5. The molecule has 0 bridgehead atoms. The highest BCUT2D eigenvalue weighted by Gasteiger charge is 2.13. The van der Waals surface area contributed by atoms with Crippen LogP contribution in [0.1, 0.15) is 11.8 Å². The van der Waals surface area contributed by atoms with Gasteiger partial charge in [0.15, 0.2) is 0 Å². The molecule has 3 aromatic rings. The maximum atomic E-state index is 12.5. The molecule has 0 saturated carbocycles. The van der Waals surface area contributed by atoms with Crippen molar-refractivity contribution in [3.05, 3.63) is 55.9 Å². The molecule has 0 fully saturated rings. The van der Waals surface area contributed by atoms with Crippen LogP contribution in [-0.4, -0.2) is 27.4 Å². The first-order valence-electron chi connectivity index (χ1n) is 7.71. The largest absolute Gasteiger partial charge is 0.489 e. The SMILES string of the molecule is CCc1cc2c(=O)n(CC(O)COc3ccc(Cl)cc3Cl)cnc2s1. The summed E-state index contributed by atoms with van der Waals surface area (Å²) in [5.41, 5.74) is -0.162. The lowest BCUT2D eigenvalue weighted by atomic mass is 10.3. The number of aliphatic hydroxyl groups excluding tert-OH is 1. The molecule has 2 aromatic heterocycles. The monoisotopic (exact) mass is 398 g/mol. The smallest absolute Gasteiger partial charge is 0.262 e. The molecule has 0 saturated heterocycles. The summed E-state index contributed by atoms with van der Waals surface area (Å²) in [6.45, 7) is 2.12. The summed E-state index contributed by atoms with van der Waals surface area (Å²) in [5.74, 6) is 0.427. The zero-order chi connectivity index (χ0) is 18.0. The third-order valence-corrected chi connectivity index (χ3v) is 5.37. The van der Waals surface area contributed by atoms with Gasteiger partial charge in [-0.3, -0.25) is 9.36 Å². The number of aliphatic hydroxyl groups is 1. The molecule has 0 spiro atoms. The average Bonchev–Trinajstić information content (AvgIpc) is 3.01. The van der Waals surface area contributed by atoms with E-state index in [0.29, 0.717) is 21.2 Å². The summed E-state index contributed by atoms with van der Waals surface area (Å²) in [7, 11) is 0. The summed E-state index contributed by atoms with van der Waals surface area (Å²) in [5, 5.41) is 11.6.